The molecule has 0 N–H and O–H groups in total. The summed E-state index contributed by atoms with van der Waals surface area (Å²) in [5.74, 6) is 0. The van der Waals surface area contributed by atoms with Crippen LogP contribution in [0, 0.1) is 0 Å². The lowest BCUT2D eigenvalue weighted by atomic mass is 10.5. The van der Waals surface area contributed by atoms with E-state index in [0.717, 1.165) is 6.42 Å². The fraction of sp³-hybridized carbons (Fsp3) is 0.500. The molecule has 0 fully saturated rings. The third-order valence-electron chi connectivity index (χ3n) is 0.289. The van der Waals surface area contributed by atoms with Gasteiger partial charge in [-0.15, -0.1) is 6.58 Å². The van der Waals surface area contributed by atoms with Crippen LogP contribution in [0.5, 0.6) is 0 Å². The Morgan fingerprint density at radius 2 is 1.67 bits per heavy atom. The molecule has 2 heteroatoms. The molecule has 0 unspecified atom stereocenters. The Bertz CT molecular complexity index is 19.5. The van der Waals surface area contributed by atoms with Crippen LogP contribution < -0.4 is 0 Å². The molecule has 0 saturated heterocycles. The van der Waals surface area contributed by atoms with Gasteiger partial charge in [-0.25, -0.2) is 0 Å². The molecule has 0 radical (unpaired) electrons. The Balaban J connectivity index is -0.0000000450. The second-order valence-corrected chi connectivity index (χ2v) is 0.697. The fourth-order valence-corrected chi connectivity index (χ4v) is 0. The Kier molecular flexibility index (Phi) is 68.0. The molecule has 40 valence electrons. The Hall–Kier alpha value is -0.400. The van der Waals surface area contributed by atoms with Crippen molar-refractivity contribution in [1.82, 2.24) is 0 Å². The highest BCUT2D eigenvalue weighted by Gasteiger charge is 1.45. The Labute approximate surface area is 36.6 Å². The van der Waals surface area contributed by atoms with Crippen molar-refractivity contribution in [3.63, 3.8) is 0 Å². The summed E-state index contributed by atoms with van der Waals surface area (Å²) >= 11 is 0. The second kappa shape index (κ2) is 23.3. The van der Waals surface area contributed by atoms with Crippen molar-refractivity contribution in [2.24, 2.45) is 0 Å². The van der Waals surface area contributed by atoms with Crippen LogP contribution in [0.4, 0.5) is 9.41 Å². The average molecular weight is 96.1 g/mol. The van der Waals surface area contributed by atoms with Crippen LogP contribution in [0.2, 0.25) is 0 Å². The van der Waals surface area contributed by atoms with E-state index in [1.807, 2.05) is 6.08 Å². The van der Waals surface area contributed by atoms with E-state index in [1.54, 1.807) is 0 Å². The topological polar surface area (TPSA) is 0 Å². The molecule has 0 aromatic carbocycles. The molecule has 0 heterocycles. The molecule has 0 saturated carbocycles. The van der Waals surface area contributed by atoms with Gasteiger partial charge in [0, 0.05) is 0 Å². The summed E-state index contributed by atoms with van der Waals surface area (Å²) < 4.78 is 0. The molecule has 0 spiro atoms. The molecule has 6 heavy (non-hydrogen) atoms. The summed E-state index contributed by atoms with van der Waals surface area (Å²) in [6.45, 7) is 5.54. The van der Waals surface area contributed by atoms with Gasteiger partial charge in [-0.05, 0) is 6.42 Å². The Morgan fingerprint density at radius 1 is 1.50 bits per heavy atom. The zero-order chi connectivity index (χ0) is 3.41. The van der Waals surface area contributed by atoms with Crippen LogP contribution >= 0.6 is 0 Å². The third kappa shape index (κ3) is 67.6. The molecule has 0 aliphatic heterocycles. The third-order valence-corrected chi connectivity index (χ3v) is 0.289. The van der Waals surface area contributed by atoms with E-state index < -0.39 is 0 Å². The minimum atomic E-state index is 0. The van der Waals surface area contributed by atoms with Crippen molar-refractivity contribution in [3.8, 4) is 0 Å². The molecule has 0 bridgehead atoms. The van der Waals surface area contributed by atoms with Gasteiger partial charge in [0.25, 0.3) is 0 Å². The van der Waals surface area contributed by atoms with E-state index in [0.29, 0.717) is 0 Å². The minimum Gasteiger partial charge on any atom is -0.269 e. The molecule has 0 nitrogen and oxygen atoms in total. The lowest BCUT2D eigenvalue weighted by molar-refractivity contribution is 1.11. The van der Waals surface area contributed by atoms with Crippen molar-refractivity contribution in [2.75, 3.05) is 0 Å². The van der Waals surface area contributed by atoms with E-state index in [4.69, 9.17) is 0 Å². The van der Waals surface area contributed by atoms with Crippen molar-refractivity contribution in [2.45, 2.75) is 13.3 Å². The molecule has 0 atom stereocenters. The van der Waals surface area contributed by atoms with E-state index in [9.17, 15) is 0 Å². The second-order valence-electron chi connectivity index (χ2n) is 0.697. The van der Waals surface area contributed by atoms with Gasteiger partial charge in [0.15, 0.2) is 0 Å². The van der Waals surface area contributed by atoms with Crippen molar-refractivity contribution >= 4 is 0 Å². The molecule has 0 aromatic rings. The largest absolute Gasteiger partial charge is 0.269 e. The van der Waals surface area contributed by atoms with E-state index in [-0.39, 0.29) is 9.41 Å². The molecule has 0 aliphatic rings. The van der Waals surface area contributed by atoms with Crippen molar-refractivity contribution in [3.05, 3.63) is 12.7 Å². The SMILES string of the molecule is C=CCC.F.F. The van der Waals surface area contributed by atoms with Gasteiger partial charge in [-0.2, -0.15) is 0 Å². The summed E-state index contributed by atoms with van der Waals surface area (Å²) in [7, 11) is 0. The zero-order valence-electron chi connectivity index (χ0n) is 3.81. The molecular weight excluding hydrogens is 86.0 g/mol. The van der Waals surface area contributed by atoms with Gasteiger partial charge in [-0.3, -0.25) is 9.41 Å². The van der Waals surface area contributed by atoms with Crippen molar-refractivity contribution < 1.29 is 9.41 Å². The maximum atomic E-state index is 3.48. The number of hydrogen-bond donors (Lipinski definition) is 0. The van der Waals surface area contributed by atoms with Crippen LogP contribution in [-0.2, 0) is 0 Å². The monoisotopic (exact) mass is 96.1 g/mol. The first-order valence-electron chi connectivity index (χ1n) is 1.52. The van der Waals surface area contributed by atoms with E-state index >= 15 is 0 Å². The van der Waals surface area contributed by atoms with E-state index in [2.05, 4.69) is 13.5 Å². The highest BCUT2D eigenvalue weighted by molar-refractivity contribution is 4.60. The van der Waals surface area contributed by atoms with Crippen LogP contribution in [0.25, 0.3) is 0 Å². The van der Waals surface area contributed by atoms with Crippen LogP contribution in [0.1, 0.15) is 13.3 Å². The highest BCUT2D eigenvalue weighted by atomic mass is 19.0. The predicted octanol–water partition coefficient (Wildman–Crippen LogP) is 1.89. The number of halogens is 2. The maximum Gasteiger partial charge on any atom is -0.0382 e. The molecule has 0 aliphatic carbocycles. The summed E-state index contributed by atoms with van der Waals surface area (Å²) in [5.41, 5.74) is 0. The van der Waals surface area contributed by atoms with Crippen LogP contribution in [0.15, 0.2) is 12.7 Å². The summed E-state index contributed by atoms with van der Waals surface area (Å²) in [5, 5.41) is 0. The quantitative estimate of drug-likeness (QED) is 0.437. The fourth-order valence-electron chi connectivity index (χ4n) is 0. The van der Waals surface area contributed by atoms with Crippen LogP contribution in [0.3, 0.4) is 0 Å². The first kappa shape index (κ1) is 17.5. The Morgan fingerprint density at radius 3 is 1.67 bits per heavy atom. The summed E-state index contributed by atoms with van der Waals surface area (Å²) in [6, 6.07) is 0. The van der Waals surface area contributed by atoms with Gasteiger partial charge < -0.3 is 0 Å². The van der Waals surface area contributed by atoms with Gasteiger partial charge in [0.2, 0.25) is 0 Å². The smallest absolute Gasteiger partial charge is 0.0382 e. The number of hydrogen-bond acceptors (Lipinski definition) is 0. The molecular formula is C4H10F2. The van der Waals surface area contributed by atoms with Gasteiger partial charge in [0.05, 0.1) is 0 Å². The molecule has 0 rings (SSSR count). The molecule has 0 aromatic heterocycles. The van der Waals surface area contributed by atoms with Gasteiger partial charge in [-0.1, -0.05) is 13.0 Å². The van der Waals surface area contributed by atoms with E-state index in [1.165, 1.54) is 0 Å². The average Bonchev–Trinajstić information content (AvgIpc) is 1.37. The zero-order valence-corrected chi connectivity index (χ0v) is 3.81. The van der Waals surface area contributed by atoms with Gasteiger partial charge >= 0.3 is 0 Å². The summed E-state index contributed by atoms with van der Waals surface area (Å²) in [6.07, 6.45) is 2.96. The lowest BCUT2D eigenvalue weighted by Crippen LogP contribution is -1.36. The van der Waals surface area contributed by atoms with Crippen LogP contribution in [-0.4, -0.2) is 0 Å². The predicted molar refractivity (Wildman–Crippen MR) is 25.5 cm³/mol. The van der Waals surface area contributed by atoms with Gasteiger partial charge in [0.1, 0.15) is 0 Å². The number of rotatable bonds is 1. The first-order valence-corrected chi connectivity index (χ1v) is 1.52. The minimum absolute atomic E-state index is 0. The maximum absolute atomic E-state index is 3.48. The standard InChI is InChI=1S/C4H8.2FH/c1-3-4-2;;/h3H,1,4H2,2H3;2*1H. The normalized spacial score (nSPS) is 4.17. The van der Waals surface area contributed by atoms with Crippen molar-refractivity contribution in [1.29, 1.82) is 0 Å². The summed E-state index contributed by atoms with van der Waals surface area (Å²) in [4.78, 5) is 0. The lowest BCUT2D eigenvalue weighted by Gasteiger charge is -1.57. The first-order chi connectivity index (χ1) is 1.91. The molecule has 0 amide bonds. The highest BCUT2D eigenvalue weighted by Crippen LogP contribution is 1.66. The number of allylic oxidation sites excluding steroid dienone is 1.